The van der Waals surface area contributed by atoms with Gasteiger partial charge in [0, 0.05) is 13.6 Å². The van der Waals surface area contributed by atoms with Gasteiger partial charge in [0.1, 0.15) is 11.6 Å². The molecule has 8 heteroatoms. The number of nitrogen functional groups attached to an aromatic ring is 1. The number of amides is 1. The Balaban J connectivity index is 2.74. The minimum Gasteiger partial charge on any atom is -0.383 e. The minimum atomic E-state index is -0.547. The molecule has 20 heavy (non-hydrogen) atoms. The molecule has 0 aliphatic carbocycles. The maximum atomic E-state index is 11.7. The molecule has 0 bridgehead atoms. The van der Waals surface area contributed by atoms with Crippen LogP contribution in [-0.2, 0) is 4.79 Å². The summed E-state index contributed by atoms with van der Waals surface area (Å²) in [4.78, 5) is 27.4. The molecular weight excluding hydrogens is 262 g/mol. The van der Waals surface area contributed by atoms with Crippen LogP contribution in [0.1, 0.15) is 13.8 Å². The predicted octanol–water partition coefficient (Wildman–Crippen LogP) is 0.780. The summed E-state index contributed by atoms with van der Waals surface area (Å²) in [5, 5.41) is 13.5. The van der Waals surface area contributed by atoms with Gasteiger partial charge < -0.3 is 16.0 Å². The van der Waals surface area contributed by atoms with Crippen LogP contribution >= 0.6 is 0 Å². The standard InChI is InChI=1S/C12H19N5O3/c1-8(2)6-14-12(18)7-16(3)11-5-9(17(19)20)4-10(13)15-11/h4-5,8H,6-7H2,1-3H3,(H2,13,15)(H,14,18). The van der Waals surface area contributed by atoms with Crippen LogP contribution < -0.4 is 16.0 Å². The van der Waals surface area contributed by atoms with Crippen LogP contribution in [0.15, 0.2) is 12.1 Å². The van der Waals surface area contributed by atoms with Crippen molar-refractivity contribution in [2.75, 3.05) is 30.8 Å². The van der Waals surface area contributed by atoms with Crippen molar-refractivity contribution in [2.45, 2.75) is 13.8 Å². The van der Waals surface area contributed by atoms with Gasteiger partial charge in [0.15, 0.2) is 0 Å². The molecule has 0 spiro atoms. The number of nitrogens with one attached hydrogen (secondary N) is 1. The van der Waals surface area contributed by atoms with E-state index in [1.807, 2.05) is 13.8 Å². The second-order valence-electron chi connectivity index (χ2n) is 4.92. The molecule has 1 aromatic rings. The third-order valence-electron chi connectivity index (χ3n) is 2.51. The van der Waals surface area contributed by atoms with Crippen molar-refractivity contribution < 1.29 is 9.72 Å². The number of aromatic nitrogens is 1. The molecular formula is C12H19N5O3. The molecule has 0 aliphatic heterocycles. The first-order chi connectivity index (χ1) is 9.29. The van der Waals surface area contributed by atoms with Crippen molar-refractivity contribution in [3.8, 4) is 0 Å². The summed E-state index contributed by atoms with van der Waals surface area (Å²) in [6, 6.07) is 2.46. The highest BCUT2D eigenvalue weighted by molar-refractivity contribution is 5.81. The molecule has 8 nitrogen and oxygen atoms in total. The van der Waals surface area contributed by atoms with Crippen LogP contribution in [0.25, 0.3) is 0 Å². The van der Waals surface area contributed by atoms with Gasteiger partial charge in [-0.05, 0) is 5.92 Å². The Kier molecular flexibility index (Phi) is 5.24. The van der Waals surface area contributed by atoms with Gasteiger partial charge in [-0.15, -0.1) is 0 Å². The van der Waals surface area contributed by atoms with Gasteiger partial charge in [-0.2, -0.15) is 0 Å². The van der Waals surface area contributed by atoms with E-state index >= 15 is 0 Å². The maximum absolute atomic E-state index is 11.7. The van der Waals surface area contributed by atoms with Crippen LogP contribution in [0.2, 0.25) is 0 Å². The van der Waals surface area contributed by atoms with Crippen molar-refractivity contribution in [3.05, 3.63) is 22.2 Å². The second kappa shape index (κ2) is 6.69. The molecule has 0 saturated carbocycles. The number of nitrogens with zero attached hydrogens (tertiary/aromatic N) is 3. The zero-order valence-corrected chi connectivity index (χ0v) is 11.8. The van der Waals surface area contributed by atoms with E-state index < -0.39 is 4.92 Å². The summed E-state index contributed by atoms with van der Waals surface area (Å²) in [6.07, 6.45) is 0. The molecule has 1 heterocycles. The average Bonchev–Trinajstić information content (AvgIpc) is 2.35. The molecule has 0 saturated heterocycles. The Hall–Kier alpha value is -2.38. The third kappa shape index (κ3) is 4.71. The van der Waals surface area contributed by atoms with Crippen LogP contribution in [0.3, 0.4) is 0 Å². The van der Waals surface area contributed by atoms with E-state index in [1.54, 1.807) is 7.05 Å². The molecule has 0 aliphatic rings. The summed E-state index contributed by atoms with van der Waals surface area (Å²) >= 11 is 0. The van der Waals surface area contributed by atoms with Gasteiger partial charge >= 0.3 is 0 Å². The molecule has 0 atom stereocenters. The van der Waals surface area contributed by atoms with Crippen LogP contribution in [0.4, 0.5) is 17.3 Å². The first-order valence-electron chi connectivity index (χ1n) is 6.19. The smallest absolute Gasteiger partial charge is 0.276 e. The monoisotopic (exact) mass is 281 g/mol. The van der Waals surface area contributed by atoms with Gasteiger partial charge in [0.25, 0.3) is 5.69 Å². The van der Waals surface area contributed by atoms with E-state index in [4.69, 9.17) is 5.73 Å². The lowest BCUT2D eigenvalue weighted by molar-refractivity contribution is -0.384. The van der Waals surface area contributed by atoms with Gasteiger partial charge in [-0.1, -0.05) is 13.8 Å². The SMILES string of the molecule is CC(C)CNC(=O)CN(C)c1cc([N+](=O)[O-])cc(N)n1. The number of carbonyl (C=O) groups is 1. The van der Waals surface area contributed by atoms with E-state index in [2.05, 4.69) is 10.3 Å². The average molecular weight is 281 g/mol. The van der Waals surface area contributed by atoms with Crippen molar-refractivity contribution in [2.24, 2.45) is 5.92 Å². The lowest BCUT2D eigenvalue weighted by Crippen LogP contribution is -2.37. The number of hydrogen-bond acceptors (Lipinski definition) is 6. The number of pyridine rings is 1. The lowest BCUT2D eigenvalue weighted by Gasteiger charge is -2.18. The number of carbonyl (C=O) groups excluding carboxylic acids is 1. The topological polar surface area (TPSA) is 114 Å². The molecule has 1 amide bonds. The summed E-state index contributed by atoms with van der Waals surface area (Å²) in [7, 11) is 1.63. The van der Waals surface area contributed by atoms with Crippen molar-refractivity contribution in [1.82, 2.24) is 10.3 Å². The number of anilines is 2. The van der Waals surface area contributed by atoms with E-state index in [9.17, 15) is 14.9 Å². The van der Waals surface area contributed by atoms with Gasteiger partial charge in [0.2, 0.25) is 5.91 Å². The van der Waals surface area contributed by atoms with Crippen molar-refractivity contribution in [1.29, 1.82) is 0 Å². The highest BCUT2D eigenvalue weighted by Gasteiger charge is 2.14. The summed E-state index contributed by atoms with van der Waals surface area (Å²) < 4.78 is 0. The van der Waals surface area contributed by atoms with Crippen LogP contribution in [0, 0.1) is 16.0 Å². The highest BCUT2D eigenvalue weighted by Crippen LogP contribution is 2.20. The molecule has 110 valence electrons. The van der Waals surface area contributed by atoms with Crippen molar-refractivity contribution in [3.63, 3.8) is 0 Å². The predicted molar refractivity (Wildman–Crippen MR) is 76.4 cm³/mol. The number of nitrogens with two attached hydrogens (primary N) is 1. The zero-order chi connectivity index (χ0) is 15.3. The van der Waals surface area contributed by atoms with Crippen molar-refractivity contribution >= 4 is 23.2 Å². The number of likely N-dealkylation sites (N-methyl/N-ethyl adjacent to an activating group) is 1. The van der Waals surface area contributed by atoms with Gasteiger partial charge in [-0.3, -0.25) is 14.9 Å². The fraction of sp³-hybridized carbons (Fsp3) is 0.500. The lowest BCUT2D eigenvalue weighted by atomic mass is 10.2. The Morgan fingerprint density at radius 3 is 2.75 bits per heavy atom. The molecule has 3 N–H and O–H groups in total. The first-order valence-corrected chi connectivity index (χ1v) is 6.19. The largest absolute Gasteiger partial charge is 0.383 e. The van der Waals surface area contributed by atoms with E-state index in [-0.39, 0.29) is 29.8 Å². The molecule has 0 unspecified atom stereocenters. The Labute approximate surface area is 117 Å². The minimum absolute atomic E-state index is 0.0450. The quantitative estimate of drug-likeness (QED) is 0.588. The van der Waals surface area contributed by atoms with Gasteiger partial charge in [-0.25, -0.2) is 4.98 Å². The molecule has 0 radical (unpaired) electrons. The number of nitro groups is 1. The molecule has 0 fully saturated rings. The van der Waals surface area contributed by atoms with E-state index in [0.29, 0.717) is 12.5 Å². The second-order valence-corrected chi connectivity index (χ2v) is 4.92. The fourth-order valence-electron chi connectivity index (χ4n) is 1.49. The van der Waals surface area contributed by atoms with Gasteiger partial charge in [0.05, 0.1) is 23.6 Å². The molecule has 1 rings (SSSR count). The van der Waals surface area contributed by atoms with Crippen LogP contribution in [-0.4, -0.2) is 36.0 Å². The normalized spacial score (nSPS) is 10.4. The third-order valence-corrected chi connectivity index (χ3v) is 2.51. The fourth-order valence-corrected chi connectivity index (χ4v) is 1.49. The Bertz CT molecular complexity index is 504. The van der Waals surface area contributed by atoms with E-state index in [1.165, 1.54) is 17.0 Å². The maximum Gasteiger partial charge on any atom is 0.276 e. The summed E-state index contributed by atoms with van der Waals surface area (Å²) in [5.74, 6) is 0.518. The Morgan fingerprint density at radius 2 is 2.20 bits per heavy atom. The molecule has 1 aromatic heterocycles. The number of hydrogen-bond donors (Lipinski definition) is 2. The van der Waals surface area contributed by atoms with E-state index in [0.717, 1.165) is 0 Å². The Morgan fingerprint density at radius 1 is 1.55 bits per heavy atom. The summed E-state index contributed by atoms with van der Waals surface area (Å²) in [5.41, 5.74) is 5.37. The number of rotatable bonds is 6. The highest BCUT2D eigenvalue weighted by atomic mass is 16.6. The molecule has 0 aromatic carbocycles. The first kappa shape index (κ1) is 15.7. The summed E-state index contributed by atoms with van der Waals surface area (Å²) in [6.45, 7) is 4.62. The zero-order valence-electron chi connectivity index (χ0n) is 11.8. The van der Waals surface area contributed by atoms with Crippen LogP contribution in [0.5, 0.6) is 0 Å².